The number of aliphatic imine (C=N–C) groups is 2. The molecule has 100 valence electrons. The van der Waals surface area contributed by atoms with Crippen LogP contribution in [-0.2, 0) is 0 Å². The van der Waals surface area contributed by atoms with Gasteiger partial charge in [0.1, 0.15) is 0 Å². The van der Waals surface area contributed by atoms with Crippen LogP contribution in [0.1, 0.15) is 0 Å². The summed E-state index contributed by atoms with van der Waals surface area (Å²) in [5, 5.41) is 0. The van der Waals surface area contributed by atoms with Gasteiger partial charge in [-0.15, -0.1) is 26.3 Å². The van der Waals surface area contributed by atoms with E-state index in [1.54, 1.807) is 0 Å². The molecule has 0 aliphatic heterocycles. The van der Waals surface area contributed by atoms with E-state index >= 15 is 0 Å². The van der Waals surface area contributed by atoms with E-state index in [-0.39, 0.29) is 0 Å². The molecule has 0 aliphatic carbocycles. The molecular weight excluding hydrogens is 278 g/mol. The molecule has 0 aromatic carbocycles. The molecule has 2 nitrogen and oxygen atoms in total. The van der Waals surface area contributed by atoms with E-state index in [2.05, 4.69) is 0 Å². The van der Waals surface area contributed by atoms with E-state index in [0.29, 0.717) is 0 Å². The van der Waals surface area contributed by atoms with Crippen molar-refractivity contribution in [2.45, 2.75) is 18.8 Å². The Labute approximate surface area is 85.6 Å². The molecule has 0 bridgehead atoms. The molecule has 0 amide bonds. The van der Waals surface area contributed by atoms with E-state index in [4.69, 9.17) is 0 Å². The summed E-state index contributed by atoms with van der Waals surface area (Å²) < 4.78 is 116. The van der Waals surface area contributed by atoms with Crippen molar-refractivity contribution in [1.29, 1.82) is 0 Å². The molecule has 0 saturated carbocycles. The summed E-state index contributed by atoms with van der Waals surface area (Å²) in [6.07, 6.45) is -17.7. The van der Waals surface area contributed by atoms with Crippen LogP contribution in [0.5, 0.6) is 0 Å². The van der Waals surface area contributed by atoms with E-state index in [1.807, 2.05) is 0 Å². The Morgan fingerprint density at radius 2 is 1.00 bits per heavy atom. The fourth-order valence-corrected chi connectivity index (χ4v) is 0.517. The Bertz CT molecular complexity index is 328. The molecule has 0 radical (unpaired) electrons. The zero-order valence-electron chi connectivity index (χ0n) is 7.17. The van der Waals surface area contributed by atoms with Crippen LogP contribution in [0.4, 0.5) is 43.9 Å². The van der Waals surface area contributed by atoms with Gasteiger partial charge in [-0.3, -0.25) is 0 Å². The predicted octanol–water partition coefficient (Wildman–Crippen LogP) is 3.40. The average molecular weight is 278 g/mol. The Balaban J connectivity index is 5.54. The van der Waals surface area contributed by atoms with Crippen molar-refractivity contribution in [3.8, 4) is 0 Å². The first-order chi connectivity index (χ1) is 7.22. The van der Waals surface area contributed by atoms with Crippen molar-refractivity contribution in [3.63, 3.8) is 0 Å². The van der Waals surface area contributed by atoms with Crippen LogP contribution in [0.3, 0.4) is 0 Å². The molecule has 17 heavy (non-hydrogen) atoms. The number of hydrogen-bond acceptors (Lipinski definition) is 2. The molecule has 0 fully saturated rings. The van der Waals surface area contributed by atoms with Gasteiger partial charge in [-0.05, 0) is 0 Å². The SMILES string of the molecule is FC(=N/C(F)(F)F)/C(=N\C(F)(F)F)C(F)(F)F. The van der Waals surface area contributed by atoms with Crippen molar-refractivity contribution in [2.75, 3.05) is 0 Å². The quantitative estimate of drug-likeness (QED) is 0.399. The topological polar surface area (TPSA) is 24.7 Å². The van der Waals surface area contributed by atoms with Gasteiger partial charge in [0.05, 0.1) is 0 Å². The van der Waals surface area contributed by atoms with Gasteiger partial charge in [0.15, 0.2) is 0 Å². The molecule has 0 spiro atoms. The van der Waals surface area contributed by atoms with Crippen LogP contribution < -0.4 is 0 Å². The van der Waals surface area contributed by atoms with Crippen LogP contribution in [0, 0.1) is 0 Å². The number of rotatable bonds is 1. The highest BCUT2D eigenvalue weighted by Crippen LogP contribution is 2.26. The Hall–Kier alpha value is -1.36. The molecule has 0 aromatic rings. The zero-order chi connectivity index (χ0) is 14.1. The second-order valence-corrected chi connectivity index (χ2v) is 2.30. The van der Waals surface area contributed by atoms with E-state index < -0.39 is 30.5 Å². The Morgan fingerprint density at radius 1 is 0.647 bits per heavy atom. The lowest BCUT2D eigenvalue weighted by Gasteiger charge is -2.09. The minimum atomic E-state index is -6.06. The Kier molecular flexibility index (Phi) is 4.13. The van der Waals surface area contributed by atoms with Gasteiger partial charge >= 0.3 is 18.8 Å². The first kappa shape index (κ1) is 15.6. The smallest absolute Gasteiger partial charge is 0.183 e. The van der Waals surface area contributed by atoms with Crippen LogP contribution in [-0.4, -0.2) is 30.5 Å². The lowest BCUT2D eigenvalue weighted by atomic mass is 10.4. The minimum Gasteiger partial charge on any atom is -0.183 e. The molecule has 0 aliphatic rings. The molecule has 0 N–H and O–H groups in total. The molecule has 12 heteroatoms. The molecule has 0 atom stereocenters. The van der Waals surface area contributed by atoms with Crippen LogP contribution in [0.15, 0.2) is 9.98 Å². The lowest BCUT2D eigenvalue weighted by Crippen LogP contribution is -2.32. The van der Waals surface area contributed by atoms with Gasteiger partial charge < -0.3 is 0 Å². The highest BCUT2D eigenvalue weighted by atomic mass is 19.4. The first-order valence-corrected chi connectivity index (χ1v) is 3.28. The van der Waals surface area contributed by atoms with Crippen LogP contribution in [0.25, 0.3) is 0 Å². The van der Waals surface area contributed by atoms with Crippen molar-refractivity contribution < 1.29 is 43.9 Å². The molecule has 0 rings (SSSR count). The maximum absolute atomic E-state index is 12.3. The fourth-order valence-electron chi connectivity index (χ4n) is 0.517. The third-order valence-electron chi connectivity index (χ3n) is 0.927. The van der Waals surface area contributed by atoms with Crippen LogP contribution in [0.2, 0.25) is 0 Å². The average Bonchev–Trinajstić information content (AvgIpc) is 1.92. The van der Waals surface area contributed by atoms with E-state index in [1.165, 1.54) is 0 Å². The summed E-state index contributed by atoms with van der Waals surface area (Å²) in [7, 11) is 0. The highest BCUT2D eigenvalue weighted by molar-refractivity contribution is 6.40. The fraction of sp³-hybridized carbons (Fsp3) is 0.600. The van der Waals surface area contributed by atoms with E-state index in [9.17, 15) is 43.9 Å². The summed E-state index contributed by atoms with van der Waals surface area (Å²) in [5.74, 6) is -3.41. The summed E-state index contributed by atoms with van der Waals surface area (Å²) in [5.41, 5.74) is -3.40. The van der Waals surface area contributed by atoms with Crippen molar-refractivity contribution >= 4 is 11.7 Å². The van der Waals surface area contributed by atoms with Gasteiger partial charge in [0, 0.05) is 0 Å². The standard InChI is InChI=1S/C5F10N2/c6-2(17-5(13,14)15)1(3(7,8)9)16-4(10,11)12/b16-1+,17-2+. The van der Waals surface area contributed by atoms with Gasteiger partial charge in [0.2, 0.25) is 11.7 Å². The van der Waals surface area contributed by atoms with Gasteiger partial charge in [-0.1, -0.05) is 0 Å². The molecular formula is C5F10N2. The monoisotopic (exact) mass is 278 g/mol. The largest absolute Gasteiger partial charge is 0.505 e. The zero-order valence-corrected chi connectivity index (χ0v) is 7.17. The first-order valence-electron chi connectivity index (χ1n) is 3.28. The van der Waals surface area contributed by atoms with Gasteiger partial charge in [0.25, 0.3) is 0 Å². The van der Waals surface area contributed by atoms with Crippen molar-refractivity contribution in [2.24, 2.45) is 9.98 Å². The lowest BCUT2D eigenvalue weighted by molar-refractivity contribution is -0.126. The van der Waals surface area contributed by atoms with Gasteiger partial charge in [-0.2, -0.15) is 27.5 Å². The maximum atomic E-state index is 12.3. The van der Waals surface area contributed by atoms with Crippen molar-refractivity contribution in [3.05, 3.63) is 0 Å². The van der Waals surface area contributed by atoms with E-state index in [0.717, 1.165) is 9.98 Å². The summed E-state index contributed by atoms with van der Waals surface area (Å²) >= 11 is 0. The number of halogens is 10. The molecule has 0 aromatic heterocycles. The molecule has 0 saturated heterocycles. The summed E-state index contributed by atoms with van der Waals surface area (Å²) in [6.45, 7) is 0. The number of alkyl halides is 9. The molecule has 0 unspecified atom stereocenters. The maximum Gasteiger partial charge on any atom is 0.505 e. The normalized spacial score (nSPS) is 16.4. The third-order valence-corrected chi connectivity index (χ3v) is 0.927. The third kappa shape index (κ3) is 6.73. The van der Waals surface area contributed by atoms with Crippen molar-refractivity contribution in [1.82, 2.24) is 0 Å². The molecule has 0 heterocycles. The number of nitrogens with zero attached hydrogens (tertiary/aromatic N) is 2. The van der Waals surface area contributed by atoms with Gasteiger partial charge in [-0.25, -0.2) is 0 Å². The minimum absolute atomic E-state index is 0.850. The highest BCUT2D eigenvalue weighted by Gasteiger charge is 2.45. The Morgan fingerprint density at radius 3 is 1.24 bits per heavy atom. The summed E-state index contributed by atoms with van der Waals surface area (Å²) in [6, 6.07) is 0. The predicted molar refractivity (Wildman–Crippen MR) is 34.1 cm³/mol. The number of hydrogen-bond donors (Lipinski definition) is 0. The second kappa shape index (κ2) is 4.49. The summed E-state index contributed by atoms with van der Waals surface area (Å²) in [4.78, 5) is 1.71. The van der Waals surface area contributed by atoms with Crippen LogP contribution >= 0.6 is 0 Å². The second-order valence-electron chi connectivity index (χ2n) is 2.30.